The first-order valence-electron chi connectivity index (χ1n) is 12.2. The zero-order valence-corrected chi connectivity index (χ0v) is 22.0. The Morgan fingerprint density at radius 1 is 0.971 bits per heavy atom. The maximum atomic E-state index is 15.4. The average molecular weight is 504 g/mol. The number of esters is 1. The number of carbonyl (C=O) groups excluding carboxylic acids is 3. The molecule has 11 heteroatoms. The molecule has 2 aliphatic heterocycles. The van der Waals surface area contributed by atoms with Gasteiger partial charge in [-0.2, -0.15) is 0 Å². The second-order valence-corrected chi connectivity index (χ2v) is 12.1. The van der Waals surface area contributed by atoms with Crippen LogP contribution in [0.3, 0.4) is 0 Å². The Hall–Kier alpha value is -2.17. The van der Waals surface area contributed by atoms with Gasteiger partial charge < -0.3 is 14.2 Å². The van der Waals surface area contributed by atoms with Crippen molar-refractivity contribution in [2.75, 3.05) is 26.2 Å². The highest BCUT2D eigenvalue weighted by atomic mass is 19.3. The standard InChI is InChI=1S/C24H39F2N3O6/c1-9-33-18(30)23(8)10-15(11-23)12-28-17-16(13-29(28)20(32)35-22(5,6)7)27(14-24(17,25)26)19(31)34-21(2,3)4/h15-17H,9-14H2,1-8H3/t15?,16-,17+,23?/m1/s1. The number of hydrazine groups is 1. The van der Waals surface area contributed by atoms with Crippen LogP contribution in [-0.4, -0.2) is 88.5 Å². The highest BCUT2D eigenvalue weighted by Gasteiger charge is 2.65. The van der Waals surface area contributed by atoms with Gasteiger partial charge in [-0.1, -0.05) is 0 Å². The summed E-state index contributed by atoms with van der Waals surface area (Å²) >= 11 is 0. The molecule has 9 nitrogen and oxygen atoms in total. The van der Waals surface area contributed by atoms with Crippen LogP contribution < -0.4 is 0 Å². The van der Waals surface area contributed by atoms with Crippen molar-refractivity contribution in [3.05, 3.63) is 0 Å². The van der Waals surface area contributed by atoms with E-state index >= 15 is 8.78 Å². The summed E-state index contributed by atoms with van der Waals surface area (Å²) in [4.78, 5) is 39.1. The lowest BCUT2D eigenvalue weighted by Gasteiger charge is -2.46. The molecular weight excluding hydrogens is 464 g/mol. The largest absolute Gasteiger partial charge is 0.466 e. The molecular formula is C24H39F2N3O6. The summed E-state index contributed by atoms with van der Waals surface area (Å²) in [5.74, 6) is -3.67. The molecule has 2 atom stereocenters. The molecule has 2 saturated heterocycles. The van der Waals surface area contributed by atoms with Crippen LogP contribution in [-0.2, 0) is 19.0 Å². The third-order valence-corrected chi connectivity index (χ3v) is 6.49. The number of halogens is 2. The van der Waals surface area contributed by atoms with Crippen LogP contribution in [0.2, 0.25) is 0 Å². The Labute approximate surface area is 206 Å². The number of amides is 2. The lowest BCUT2D eigenvalue weighted by molar-refractivity contribution is -0.167. The fourth-order valence-electron chi connectivity index (χ4n) is 5.24. The number of ether oxygens (including phenoxy) is 3. The second kappa shape index (κ2) is 9.05. The molecule has 2 amide bonds. The third-order valence-electron chi connectivity index (χ3n) is 6.49. The lowest BCUT2D eigenvalue weighted by Crippen LogP contribution is -2.56. The van der Waals surface area contributed by atoms with Crippen LogP contribution in [0.1, 0.15) is 68.2 Å². The minimum absolute atomic E-state index is 0.0977. The minimum atomic E-state index is -3.27. The number of carbonyl (C=O) groups is 3. The monoisotopic (exact) mass is 503 g/mol. The molecule has 200 valence electrons. The molecule has 0 aromatic heterocycles. The van der Waals surface area contributed by atoms with Gasteiger partial charge in [-0.25, -0.2) is 28.4 Å². The highest BCUT2D eigenvalue weighted by Crippen LogP contribution is 2.49. The van der Waals surface area contributed by atoms with Gasteiger partial charge in [0, 0.05) is 6.54 Å². The van der Waals surface area contributed by atoms with Crippen molar-refractivity contribution in [3.8, 4) is 0 Å². The van der Waals surface area contributed by atoms with E-state index in [0.717, 1.165) is 4.90 Å². The molecule has 0 aromatic carbocycles. The fraction of sp³-hybridized carbons (Fsp3) is 0.875. The molecule has 0 aromatic rings. The molecule has 0 bridgehead atoms. The van der Waals surface area contributed by atoms with Gasteiger partial charge in [-0.3, -0.25) is 9.69 Å². The van der Waals surface area contributed by atoms with E-state index in [1.807, 2.05) is 0 Å². The van der Waals surface area contributed by atoms with Gasteiger partial charge in [-0.15, -0.1) is 0 Å². The molecule has 0 radical (unpaired) electrons. The van der Waals surface area contributed by atoms with Crippen molar-refractivity contribution in [3.63, 3.8) is 0 Å². The number of fused-ring (bicyclic) bond motifs is 1. The van der Waals surface area contributed by atoms with E-state index in [9.17, 15) is 14.4 Å². The molecule has 0 spiro atoms. The van der Waals surface area contributed by atoms with Crippen molar-refractivity contribution in [2.24, 2.45) is 11.3 Å². The highest BCUT2D eigenvalue weighted by molar-refractivity contribution is 5.77. The van der Waals surface area contributed by atoms with Crippen molar-refractivity contribution in [1.29, 1.82) is 0 Å². The summed E-state index contributed by atoms with van der Waals surface area (Å²) in [7, 11) is 0. The Morgan fingerprint density at radius 2 is 1.51 bits per heavy atom. The molecule has 2 heterocycles. The van der Waals surface area contributed by atoms with Gasteiger partial charge in [-0.05, 0) is 74.1 Å². The van der Waals surface area contributed by atoms with Crippen LogP contribution >= 0.6 is 0 Å². The van der Waals surface area contributed by atoms with Crippen LogP contribution in [0.5, 0.6) is 0 Å². The maximum absolute atomic E-state index is 15.4. The smallest absolute Gasteiger partial charge is 0.425 e. The Bertz CT molecular complexity index is 847. The average Bonchev–Trinajstić information content (AvgIpc) is 3.14. The molecule has 3 rings (SSSR count). The molecule has 35 heavy (non-hydrogen) atoms. The first-order valence-corrected chi connectivity index (χ1v) is 12.2. The summed E-state index contributed by atoms with van der Waals surface area (Å²) in [5.41, 5.74) is -2.35. The van der Waals surface area contributed by atoms with Crippen LogP contribution in [0.15, 0.2) is 0 Å². The van der Waals surface area contributed by atoms with E-state index in [4.69, 9.17) is 14.2 Å². The number of rotatable bonds is 4. The summed E-state index contributed by atoms with van der Waals surface area (Å²) in [6.07, 6.45) is -0.666. The third kappa shape index (κ3) is 5.81. The van der Waals surface area contributed by atoms with Crippen molar-refractivity contribution >= 4 is 18.2 Å². The first-order chi connectivity index (χ1) is 15.9. The summed E-state index contributed by atoms with van der Waals surface area (Å²) in [5, 5.41) is 2.53. The van der Waals surface area contributed by atoms with E-state index in [0.29, 0.717) is 12.8 Å². The zero-order valence-electron chi connectivity index (χ0n) is 22.0. The van der Waals surface area contributed by atoms with E-state index in [1.54, 1.807) is 55.4 Å². The predicted octanol–water partition coefficient (Wildman–Crippen LogP) is 4.06. The van der Waals surface area contributed by atoms with Gasteiger partial charge in [0.05, 0.1) is 31.2 Å². The normalized spacial score (nSPS) is 30.5. The molecule has 0 unspecified atom stereocenters. The van der Waals surface area contributed by atoms with E-state index in [1.165, 1.54) is 10.0 Å². The van der Waals surface area contributed by atoms with Crippen LogP contribution in [0, 0.1) is 11.3 Å². The second-order valence-electron chi connectivity index (χ2n) is 12.1. The lowest BCUT2D eigenvalue weighted by atomic mass is 9.63. The van der Waals surface area contributed by atoms with E-state index in [-0.39, 0.29) is 31.6 Å². The molecule has 0 N–H and O–H groups in total. The topological polar surface area (TPSA) is 88.6 Å². The number of hydrogen-bond donors (Lipinski definition) is 0. The SMILES string of the molecule is CCOC(=O)C1(C)CC(CN2[C@H]3[C@@H](CN2C(=O)OC(C)(C)C)N(C(=O)OC(C)(C)C)CC3(F)F)C1. The van der Waals surface area contributed by atoms with Gasteiger partial charge in [0.1, 0.15) is 17.2 Å². The summed E-state index contributed by atoms with van der Waals surface area (Å²) in [6, 6.07) is -2.36. The first kappa shape index (κ1) is 27.4. The Morgan fingerprint density at radius 3 is 2.03 bits per heavy atom. The summed E-state index contributed by atoms with van der Waals surface area (Å²) < 4.78 is 46.8. The van der Waals surface area contributed by atoms with Crippen LogP contribution in [0.25, 0.3) is 0 Å². The molecule has 3 aliphatic rings. The fourth-order valence-corrected chi connectivity index (χ4v) is 5.24. The van der Waals surface area contributed by atoms with E-state index in [2.05, 4.69) is 0 Å². The predicted molar refractivity (Wildman–Crippen MR) is 123 cm³/mol. The Kier molecular flexibility index (Phi) is 7.09. The Balaban J connectivity index is 1.84. The number of hydrogen-bond acceptors (Lipinski definition) is 7. The summed E-state index contributed by atoms with van der Waals surface area (Å²) in [6.45, 7) is 13.1. The quantitative estimate of drug-likeness (QED) is 0.422. The van der Waals surface area contributed by atoms with Gasteiger partial charge in [0.25, 0.3) is 5.92 Å². The van der Waals surface area contributed by atoms with Crippen molar-refractivity contribution in [1.82, 2.24) is 14.9 Å². The van der Waals surface area contributed by atoms with Gasteiger partial charge in [0.15, 0.2) is 0 Å². The number of likely N-dealkylation sites (tertiary alicyclic amines) is 1. The molecule has 3 fully saturated rings. The van der Waals surface area contributed by atoms with Crippen LogP contribution in [0.4, 0.5) is 18.4 Å². The number of alkyl halides is 2. The van der Waals surface area contributed by atoms with Gasteiger partial charge >= 0.3 is 18.2 Å². The van der Waals surface area contributed by atoms with Crippen molar-refractivity contribution < 1.29 is 37.4 Å². The minimum Gasteiger partial charge on any atom is -0.466 e. The van der Waals surface area contributed by atoms with Gasteiger partial charge in [0.2, 0.25) is 0 Å². The van der Waals surface area contributed by atoms with Crippen molar-refractivity contribution in [2.45, 2.75) is 97.4 Å². The molecule has 1 saturated carbocycles. The number of nitrogens with zero attached hydrogens (tertiary/aromatic N) is 3. The zero-order chi connectivity index (χ0) is 26.6. The van der Waals surface area contributed by atoms with E-state index < -0.39 is 53.4 Å². The molecule has 1 aliphatic carbocycles. The maximum Gasteiger partial charge on any atom is 0.425 e.